The lowest BCUT2D eigenvalue weighted by Gasteiger charge is -2.06. The number of imidazole rings is 2. The van der Waals surface area contributed by atoms with E-state index in [1.165, 1.54) is 10.9 Å². The molecule has 0 saturated carbocycles. The second-order valence-electron chi connectivity index (χ2n) is 3.73. The van der Waals surface area contributed by atoms with Gasteiger partial charge in [0.05, 0.1) is 6.33 Å². The van der Waals surface area contributed by atoms with Gasteiger partial charge in [-0.2, -0.15) is 0 Å². The molecule has 2 aromatic rings. The zero-order valence-corrected chi connectivity index (χ0v) is 10.6. The molecule has 2 rings (SSSR count). The molecule has 2 aromatic heterocycles. The minimum absolute atomic E-state index is 0.0111. The van der Waals surface area contributed by atoms with Crippen molar-refractivity contribution in [2.75, 3.05) is 12.3 Å². The van der Waals surface area contributed by atoms with Gasteiger partial charge in [-0.25, -0.2) is 23.1 Å². The van der Waals surface area contributed by atoms with E-state index in [-0.39, 0.29) is 17.4 Å². The van der Waals surface area contributed by atoms with Crippen LogP contribution in [0.5, 0.6) is 0 Å². The molecule has 0 bridgehead atoms. The summed E-state index contributed by atoms with van der Waals surface area (Å²) in [6.07, 6.45) is 5.13. The number of aromatic amines is 1. The van der Waals surface area contributed by atoms with Crippen molar-refractivity contribution in [1.29, 1.82) is 0 Å². The number of hydrogen-bond acceptors (Lipinski definition) is 5. The van der Waals surface area contributed by atoms with Gasteiger partial charge in [-0.15, -0.1) is 0 Å². The molecule has 8 nitrogen and oxygen atoms in total. The van der Waals surface area contributed by atoms with Crippen molar-refractivity contribution >= 4 is 15.8 Å². The summed E-state index contributed by atoms with van der Waals surface area (Å²) >= 11 is 0. The number of nitrogens with zero attached hydrogens (tertiary/aromatic N) is 3. The highest BCUT2D eigenvalue weighted by Crippen LogP contribution is 2.14. The summed E-state index contributed by atoms with van der Waals surface area (Å²) < 4.78 is 27.8. The Bertz CT molecular complexity index is 596. The van der Waals surface area contributed by atoms with Crippen LogP contribution in [0.2, 0.25) is 0 Å². The van der Waals surface area contributed by atoms with Crippen LogP contribution in [0.4, 0.5) is 5.82 Å². The third kappa shape index (κ3) is 2.51. The minimum Gasteiger partial charge on any atom is -0.381 e. The number of nitrogens with one attached hydrogen (secondary N) is 2. The Morgan fingerprint density at radius 2 is 2.28 bits per heavy atom. The minimum atomic E-state index is -3.65. The van der Waals surface area contributed by atoms with Crippen LogP contribution in [0.25, 0.3) is 0 Å². The molecule has 0 atom stereocenters. The summed E-state index contributed by atoms with van der Waals surface area (Å²) in [6.45, 7) is 0.237. The molecule has 0 saturated heterocycles. The number of H-pyrrole nitrogens is 1. The Kier molecular flexibility index (Phi) is 3.34. The molecular formula is C9H14N6O2S. The molecule has 9 heteroatoms. The van der Waals surface area contributed by atoms with Crippen molar-refractivity contribution in [2.24, 2.45) is 7.05 Å². The fourth-order valence-electron chi connectivity index (χ4n) is 1.57. The largest absolute Gasteiger partial charge is 0.381 e. The summed E-state index contributed by atoms with van der Waals surface area (Å²) in [7, 11) is -2.07. The van der Waals surface area contributed by atoms with Crippen LogP contribution in [0.1, 0.15) is 5.82 Å². The van der Waals surface area contributed by atoms with Crippen LogP contribution in [-0.2, 0) is 23.5 Å². The predicted molar refractivity (Wildman–Crippen MR) is 65.1 cm³/mol. The van der Waals surface area contributed by atoms with Crippen LogP contribution in [0.15, 0.2) is 23.7 Å². The lowest BCUT2D eigenvalue weighted by atomic mass is 10.4. The molecule has 0 radical (unpaired) electrons. The highest BCUT2D eigenvalue weighted by molar-refractivity contribution is 7.89. The van der Waals surface area contributed by atoms with Gasteiger partial charge in [-0.3, -0.25) is 0 Å². The molecule has 2 heterocycles. The maximum atomic E-state index is 12.0. The van der Waals surface area contributed by atoms with Crippen molar-refractivity contribution in [3.8, 4) is 0 Å². The van der Waals surface area contributed by atoms with Crippen LogP contribution in [-0.4, -0.2) is 34.5 Å². The molecule has 18 heavy (non-hydrogen) atoms. The molecule has 0 aliphatic carbocycles. The van der Waals surface area contributed by atoms with E-state index in [2.05, 4.69) is 19.7 Å². The Labute approximate surface area is 104 Å². The predicted octanol–water partition coefficient (Wildman–Crippen LogP) is -0.754. The van der Waals surface area contributed by atoms with E-state index < -0.39 is 10.0 Å². The number of rotatable bonds is 5. The zero-order valence-electron chi connectivity index (χ0n) is 9.79. The van der Waals surface area contributed by atoms with Gasteiger partial charge in [0.2, 0.25) is 0 Å². The zero-order chi connectivity index (χ0) is 13.2. The Hall–Kier alpha value is -1.87. The average Bonchev–Trinajstić information content (AvgIpc) is 2.89. The Balaban J connectivity index is 2.04. The number of nitrogen functional groups attached to an aromatic ring is 1. The molecule has 4 N–H and O–H groups in total. The molecule has 0 aliphatic rings. The first-order valence-electron chi connectivity index (χ1n) is 5.25. The standard InChI is InChI=1S/C9H14N6O2S/c1-15-6-13-8(10)9(15)18(16,17)14-3-2-7-11-4-5-12-7/h4-6,14H,2-3,10H2,1H3,(H,11,12). The van der Waals surface area contributed by atoms with E-state index in [1.54, 1.807) is 19.4 Å². The monoisotopic (exact) mass is 270 g/mol. The van der Waals surface area contributed by atoms with Gasteiger partial charge in [-0.05, 0) is 0 Å². The number of nitrogens with two attached hydrogens (primary N) is 1. The number of aromatic nitrogens is 4. The molecule has 0 unspecified atom stereocenters. The summed E-state index contributed by atoms with van der Waals surface area (Å²) in [5.41, 5.74) is 5.52. The van der Waals surface area contributed by atoms with Crippen molar-refractivity contribution in [3.63, 3.8) is 0 Å². The second kappa shape index (κ2) is 4.78. The lowest BCUT2D eigenvalue weighted by molar-refractivity contribution is 0.571. The summed E-state index contributed by atoms with van der Waals surface area (Å²) in [5.74, 6) is 0.707. The molecule has 0 aromatic carbocycles. The summed E-state index contributed by atoms with van der Waals surface area (Å²) in [5, 5.41) is -0.0260. The van der Waals surface area contributed by atoms with E-state index in [0.717, 1.165) is 5.82 Å². The van der Waals surface area contributed by atoms with Gasteiger partial charge in [0.15, 0.2) is 10.8 Å². The maximum absolute atomic E-state index is 12.0. The third-order valence-electron chi connectivity index (χ3n) is 2.37. The fourth-order valence-corrected chi connectivity index (χ4v) is 2.83. The highest BCUT2D eigenvalue weighted by atomic mass is 32.2. The third-order valence-corrected chi connectivity index (χ3v) is 3.96. The van der Waals surface area contributed by atoms with Crippen molar-refractivity contribution in [2.45, 2.75) is 11.4 Å². The number of hydrogen-bond donors (Lipinski definition) is 3. The number of sulfonamides is 1. The molecule has 0 spiro atoms. The summed E-state index contributed by atoms with van der Waals surface area (Å²) in [4.78, 5) is 10.6. The maximum Gasteiger partial charge on any atom is 0.260 e. The van der Waals surface area contributed by atoms with Crippen molar-refractivity contribution in [1.82, 2.24) is 24.2 Å². The van der Waals surface area contributed by atoms with Gasteiger partial charge < -0.3 is 15.3 Å². The Morgan fingerprint density at radius 3 is 2.83 bits per heavy atom. The number of aryl methyl sites for hydroxylation is 1. The average molecular weight is 270 g/mol. The van der Waals surface area contributed by atoms with Gasteiger partial charge in [0.25, 0.3) is 10.0 Å². The molecular weight excluding hydrogens is 256 g/mol. The normalized spacial score (nSPS) is 11.8. The fraction of sp³-hybridized carbons (Fsp3) is 0.333. The van der Waals surface area contributed by atoms with Crippen LogP contribution in [0, 0.1) is 0 Å². The van der Waals surface area contributed by atoms with E-state index in [0.29, 0.717) is 6.42 Å². The van der Waals surface area contributed by atoms with Crippen LogP contribution < -0.4 is 10.5 Å². The second-order valence-corrected chi connectivity index (χ2v) is 5.41. The van der Waals surface area contributed by atoms with E-state index in [4.69, 9.17) is 5.73 Å². The van der Waals surface area contributed by atoms with Crippen molar-refractivity contribution in [3.05, 3.63) is 24.5 Å². The smallest absolute Gasteiger partial charge is 0.260 e. The van der Waals surface area contributed by atoms with Crippen LogP contribution >= 0.6 is 0 Å². The van der Waals surface area contributed by atoms with Crippen molar-refractivity contribution < 1.29 is 8.42 Å². The Morgan fingerprint density at radius 1 is 1.50 bits per heavy atom. The van der Waals surface area contributed by atoms with E-state index in [1.807, 2.05) is 0 Å². The van der Waals surface area contributed by atoms with Crippen LogP contribution in [0.3, 0.4) is 0 Å². The van der Waals surface area contributed by atoms with E-state index >= 15 is 0 Å². The molecule has 98 valence electrons. The van der Waals surface area contributed by atoms with Gasteiger partial charge in [-0.1, -0.05) is 0 Å². The van der Waals surface area contributed by atoms with E-state index in [9.17, 15) is 8.42 Å². The number of anilines is 1. The first-order chi connectivity index (χ1) is 8.50. The molecule has 0 fully saturated rings. The topological polar surface area (TPSA) is 119 Å². The van der Waals surface area contributed by atoms with Gasteiger partial charge in [0, 0.05) is 32.4 Å². The van der Waals surface area contributed by atoms with Gasteiger partial charge >= 0.3 is 0 Å². The lowest BCUT2D eigenvalue weighted by Crippen LogP contribution is -2.28. The quantitative estimate of drug-likeness (QED) is 0.660. The first-order valence-corrected chi connectivity index (χ1v) is 6.74. The molecule has 0 amide bonds. The van der Waals surface area contributed by atoms with Gasteiger partial charge in [0.1, 0.15) is 5.82 Å². The summed E-state index contributed by atoms with van der Waals surface area (Å²) in [6, 6.07) is 0. The first kappa shape index (κ1) is 12.6. The highest BCUT2D eigenvalue weighted by Gasteiger charge is 2.21. The molecule has 0 aliphatic heterocycles. The SMILES string of the molecule is Cn1cnc(N)c1S(=O)(=O)NCCc1ncc[nH]1.